The van der Waals surface area contributed by atoms with Gasteiger partial charge in [-0.25, -0.2) is 0 Å². The molecule has 106 valence electrons. The number of thioether (sulfide) groups is 1. The zero-order valence-corrected chi connectivity index (χ0v) is 12.9. The lowest BCUT2D eigenvalue weighted by Gasteiger charge is -2.19. The molecule has 0 radical (unpaired) electrons. The van der Waals surface area contributed by atoms with Crippen LogP contribution in [-0.2, 0) is 12.2 Å². The fourth-order valence-corrected chi connectivity index (χ4v) is 5.12. The molecule has 6 heteroatoms. The topological polar surface area (TPSA) is 51.0 Å². The van der Waals surface area contributed by atoms with Crippen LogP contribution in [0, 0.1) is 0 Å². The van der Waals surface area contributed by atoms with Gasteiger partial charge in [-0.15, -0.1) is 11.3 Å². The minimum atomic E-state index is 0.409. The van der Waals surface area contributed by atoms with E-state index in [2.05, 4.69) is 21.5 Å². The molecule has 20 heavy (non-hydrogen) atoms. The summed E-state index contributed by atoms with van der Waals surface area (Å²) in [6.45, 7) is 2.08. The van der Waals surface area contributed by atoms with Crippen molar-refractivity contribution in [2.45, 2.75) is 30.9 Å². The van der Waals surface area contributed by atoms with Gasteiger partial charge >= 0.3 is 0 Å². The first-order chi connectivity index (χ1) is 9.90. The summed E-state index contributed by atoms with van der Waals surface area (Å²) in [6.07, 6.45) is 3.53. The molecule has 4 nitrogen and oxygen atoms in total. The van der Waals surface area contributed by atoms with E-state index < -0.39 is 0 Å². The number of hydrogen-bond acceptors (Lipinski definition) is 6. The highest BCUT2D eigenvalue weighted by Gasteiger charge is 2.23. The van der Waals surface area contributed by atoms with E-state index in [4.69, 9.17) is 4.52 Å². The van der Waals surface area contributed by atoms with Gasteiger partial charge in [0.25, 0.3) is 5.89 Å². The van der Waals surface area contributed by atoms with Crippen LogP contribution in [0.25, 0.3) is 10.8 Å². The van der Waals surface area contributed by atoms with Gasteiger partial charge < -0.3 is 9.84 Å². The van der Waals surface area contributed by atoms with Gasteiger partial charge in [0.1, 0.15) is 0 Å². The Morgan fingerprint density at radius 3 is 3.25 bits per heavy atom. The molecule has 0 saturated carbocycles. The average molecular weight is 307 g/mol. The van der Waals surface area contributed by atoms with E-state index in [1.165, 1.54) is 29.0 Å². The molecule has 0 amide bonds. The summed E-state index contributed by atoms with van der Waals surface area (Å²) in [4.78, 5) is 7.27. The van der Waals surface area contributed by atoms with Gasteiger partial charge in [0.05, 0.1) is 4.88 Å². The number of nitrogens with one attached hydrogen (secondary N) is 1. The van der Waals surface area contributed by atoms with Crippen LogP contribution in [0.4, 0.5) is 0 Å². The molecule has 2 aromatic rings. The highest BCUT2D eigenvalue weighted by atomic mass is 32.2. The SMILES string of the molecule is c1c(-c2nc(C3CCCNC3)no2)sc2c1CSCC2. The van der Waals surface area contributed by atoms with Crippen LogP contribution in [0.2, 0.25) is 0 Å². The Bertz CT molecular complexity index is 578. The zero-order chi connectivity index (χ0) is 13.4. The van der Waals surface area contributed by atoms with Gasteiger partial charge in [-0.2, -0.15) is 16.7 Å². The second-order valence-electron chi connectivity index (χ2n) is 5.36. The Labute approximate surface area is 126 Å². The first kappa shape index (κ1) is 12.9. The minimum Gasteiger partial charge on any atom is -0.333 e. The third-order valence-corrected chi connectivity index (χ3v) is 6.18. The quantitative estimate of drug-likeness (QED) is 0.924. The molecule has 0 aliphatic carbocycles. The monoisotopic (exact) mass is 307 g/mol. The summed E-state index contributed by atoms with van der Waals surface area (Å²) in [7, 11) is 0. The van der Waals surface area contributed by atoms with Gasteiger partial charge in [0.15, 0.2) is 5.82 Å². The number of thiophene rings is 1. The summed E-state index contributed by atoms with van der Waals surface area (Å²) >= 11 is 3.83. The van der Waals surface area contributed by atoms with Crippen LogP contribution in [0.5, 0.6) is 0 Å². The van der Waals surface area contributed by atoms with Gasteiger partial charge in [0, 0.05) is 23.1 Å². The van der Waals surface area contributed by atoms with Crippen molar-refractivity contribution in [1.82, 2.24) is 15.5 Å². The van der Waals surface area contributed by atoms with Crippen LogP contribution in [0.15, 0.2) is 10.6 Å². The van der Waals surface area contributed by atoms with Crippen LogP contribution >= 0.6 is 23.1 Å². The molecule has 0 bridgehead atoms. The van der Waals surface area contributed by atoms with Crippen LogP contribution < -0.4 is 5.32 Å². The fourth-order valence-electron chi connectivity index (χ4n) is 2.83. The third-order valence-electron chi connectivity index (χ3n) is 3.94. The summed E-state index contributed by atoms with van der Waals surface area (Å²) < 4.78 is 5.50. The first-order valence-electron chi connectivity index (χ1n) is 7.14. The van der Waals surface area contributed by atoms with Crippen molar-refractivity contribution in [3.63, 3.8) is 0 Å². The van der Waals surface area contributed by atoms with Crippen molar-refractivity contribution >= 4 is 23.1 Å². The molecule has 2 aliphatic rings. The van der Waals surface area contributed by atoms with Gasteiger partial charge in [0.2, 0.25) is 0 Å². The number of aryl methyl sites for hydroxylation is 1. The Balaban J connectivity index is 1.59. The predicted octanol–water partition coefficient (Wildman–Crippen LogP) is 3.05. The number of rotatable bonds is 2. The van der Waals surface area contributed by atoms with Crippen molar-refractivity contribution in [3.8, 4) is 10.8 Å². The number of nitrogens with zero attached hydrogens (tertiary/aromatic N) is 2. The van der Waals surface area contributed by atoms with Crippen molar-refractivity contribution < 1.29 is 4.52 Å². The number of fused-ring (bicyclic) bond motifs is 1. The standard InChI is InChI=1S/C14H17N3OS2/c1-2-9(7-15-4-1)13-16-14(18-17-13)12-6-10-8-19-5-3-11(10)20-12/h6,9,15H,1-5,7-8H2. The lowest BCUT2D eigenvalue weighted by Crippen LogP contribution is -2.28. The molecule has 1 N–H and O–H groups in total. The van der Waals surface area contributed by atoms with Crippen molar-refractivity contribution in [2.24, 2.45) is 0 Å². The van der Waals surface area contributed by atoms with E-state index in [-0.39, 0.29) is 0 Å². The van der Waals surface area contributed by atoms with Gasteiger partial charge in [-0.05, 0) is 43.2 Å². The Morgan fingerprint density at radius 2 is 2.40 bits per heavy atom. The van der Waals surface area contributed by atoms with Crippen LogP contribution in [0.3, 0.4) is 0 Å². The van der Waals surface area contributed by atoms with E-state index >= 15 is 0 Å². The number of hydrogen-bond donors (Lipinski definition) is 1. The minimum absolute atomic E-state index is 0.409. The van der Waals surface area contributed by atoms with E-state index in [1.54, 1.807) is 0 Å². The molecule has 2 aromatic heterocycles. The fraction of sp³-hybridized carbons (Fsp3) is 0.571. The maximum atomic E-state index is 5.50. The van der Waals surface area contributed by atoms with Crippen molar-refractivity contribution in [1.29, 1.82) is 0 Å². The lowest BCUT2D eigenvalue weighted by molar-refractivity contribution is 0.393. The van der Waals surface area contributed by atoms with Crippen molar-refractivity contribution in [2.75, 3.05) is 18.8 Å². The maximum absolute atomic E-state index is 5.50. The van der Waals surface area contributed by atoms with E-state index in [1.807, 2.05) is 23.1 Å². The summed E-state index contributed by atoms with van der Waals surface area (Å²) in [5, 5.41) is 7.60. The van der Waals surface area contributed by atoms with E-state index in [0.717, 1.165) is 36.0 Å². The van der Waals surface area contributed by atoms with Crippen LogP contribution in [-0.4, -0.2) is 29.0 Å². The highest BCUT2D eigenvalue weighted by molar-refractivity contribution is 7.98. The molecule has 4 heterocycles. The Morgan fingerprint density at radius 1 is 1.40 bits per heavy atom. The second kappa shape index (κ2) is 5.50. The highest BCUT2D eigenvalue weighted by Crippen LogP contribution is 2.36. The van der Waals surface area contributed by atoms with Crippen LogP contribution in [0.1, 0.15) is 35.0 Å². The molecule has 4 rings (SSSR count). The Hall–Kier alpha value is -0.850. The molecule has 1 atom stereocenters. The first-order valence-corrected chi connectivity index (χ1v) is 9.11. The molecule has 2 aliphatic heterocycles. The largest absolute Gasteiger partial charge is 0.333 e. The van der Waals surface area contributed by atoms with E-state index in [0.29, 0.717) is 11.8 Å². The Kier molecular flexibility index (Phi) is 3.54. The molecule has 0 spiro atoms. The van der Waals surface area contributed by atoms with Crippen molar-refractivity contribution in [3.05, 3.63) is 22.3 Å². The van der Waals surface area contributed by atoms with E-state index in [9.17, 15) is 0 Å². The summed E-state index contributed by atoms with van der Waals surface area (Å²) in [6, 6.07) is 2.24. The number of piperidine rings is 1. The molecular formula is C14H17N3OS2. The average Bonchev–Trinajstić information content (AvgIpc) is 3.14. The van der Waals surface area contributed by atoms with Gasteiger partial charge in [-0.1, -0.05) is 5.16 Å². The lowest BCUT2D eigenvalue weighted by atomic mass is 9.99. The smallest absolute Gasteiger partial charge is 0.268 e. The maximum Gasteiger partial charge on any atom is 0.268 e. The zero-order valence-electron chi connectivity index (χ0n) is 11.2. The molecule has 1 unspecified atom stereocenters. The second-order valence-corrected chi connectivity index (χ2v) is 7.60. The molecular weight excluding hydrogens is 290 g/mol. The normalized spacial score (nSPS) is 22.7. The molecule has 0 aromatic carbocycles. The third kappa shape index (κ3) is 2.40. The summed E-state index contributed by atoms with van der Waals surface area (Å²) in [5.41, 5.74) is 1.46. The molecule has 1 fully saturated rings. The van der Waals surface area contributed by atoms with Gasteiger partial charge in [-0.3, -0.25) is 0 Å². The predicted molar refractivity (Wildman–Crippen MR) is 82.3 cm³/mol. The summed E-state index contributed by atoms with van der Waals surface area (Å²) in [5.74, 6) is 4.34. The molecule has 1 saturated heterocycles. The number of aromatic nitrogens is 2.